The lowest BCUT2D eigenvalue weighted by atomic mass is 9.88. The van der Waals surface area contributed by atoms with E-state index in [2.05, 4.69) is 25.4 Å². The van der Waals surface area contributed by atoms with E-state index in [0.717, 1.165) is 6.33 Å². The van der Waals surface area contributed by atoms with E-state index in [9.17, 15) is 17.6 Å². The minimum Gasteiger partial charge on any atom is -0.453 e. The van der Waals surface area contributed by atoms with Crippen LogP contribution < -0.4 is 4.74 Å². The maximum atomic E-state index is 14.3. The van der Waals surface area contributed by atoms with Crippen LogP contribution >= 0.6 is 0 Å². The van der Waals surface area contributed by atoms with Gasteiger partial charge in [0.05, 0.1) is 5.56 Å². The molecule has 0 radical (unpaired) electrons. The van der Waals surface area contributed by atoms with Gasteiger partial charge in [0.15, 0.2) is 18.2 Å². The molecule has 3 heterocycles. The van der Waals surface area contributed by atoms with E-state index in [1.165, 1.54) is 22.7 Å². The number of aromatic nitrogens is 7. The molecule has 0 amide bonds. The number of benzene rings is 1. The highest BCUT2D eigenvalue weighted by Crippen LogP contribution is 2.33. The van der Waals surface area contributed by atoms with E-state index < -0.39 is 30.0 Å². The summed E-state index contributed by atoms with van der Waals surface area (Å²) in [5, 5.41) is 16.0. The van der Waals surface area contributed by atoms with Crippen molar-refractivity contribution in [3.63, 3.8) is 0 Å². The molecular formula is C19H17F4N7O. The molecule has 0 aliphatic heterocycles. The Bertz CT molecular complexity index is 1240. The molecule has 8 nitrogen and oxygen atoms in total. The molecule has 4 aromatic rings. The second-order valence-corrected chi connectivity index (χ2v) is 7.74. The SMILES string of the molecule is CC(C)(C)c1cc2nnc(-c3ccccc3F)n2nc1OCn1ncnc1C(F)(F)F. The van der Waals surface area contributed by atoms with E-state index in [1.54, 1.807) is 12.1 Å². The summed E-state index contributed by atoms with van der Waals surface area (Å²) < 4.78 is 61.0. The Morgan fingerprint density at radius 1 is 1.06 bits per heavy atom. The topological polar surface area (TPSA) is 83.0 Å². The van der Waals surface area contributed by atoms with Crippen molar-refractivity contribution in [2.45, 2.75) is 39.1 Å². The minimum atomic E-state index is -4.68. The highest BCUT2D eigenvalue weighted by atomic mass is 19.4. The zero-order valence-electron chi connectivity index (χ0n) is 16.7. The van der Waals surface area contributed by atoms with Gasteiger partial charge in [-0.1, -0.05) is 32.9 Å². The molecule has 0 aliphatic carbocycles. The van der Waals surface area contributed by atoms with E-state index in [4.69, 9.17) is 4.74 Å². The lowest BCUT2D eigenvalue weighted by Crippen LogP contribution is -2.21. The number of alkyl halides is 3. The molecule has 0 N–H and O–H groups in total. The van der Waals surface area contributed by atoms with Crippen molar-refractivity contribution in [1.29, 1.82) is 0 Å². The van der Waals surface area contributed by atoms with Gasteiger partial charge in [0.25, 0.3) is 0 Å². The molecule has 0 atom stereocenters. The van der Waals surface area contributed by atoms with Gasteiger partial charge in [-0.25, -0.2) is 14.1 Å². The van der Waals surface area contributed by atoms with Gasteiger partial charge >= 0.3 is 6.18 Å². The fraction of sp³-hybridized carbons (Fsp3) is 0.316. The van der Waals surface area contributed by atoms with Crippen molar-refractivity contribution >= 4 is 5.65 Å². The van der Waals surface area contributed by atoms with Gasteiger partial charge in [-0.2, -0.15) is 22.8 Å². The number of ether oxygens (including phenoxy) is 1. The van der Waals surface area contributed by atoms with Crippen LogP contribution in [0.5, 0.6) is 5.88 Å². The Morgan fingerprint density at radius 3 is 2.48 bits per heavy atom. The van der Waals surface area contributed by atoms with Crippen molar-refractivity contribution in [3.05, 3.63) is 53.9 Å². The number of fused-ring (bicyclic) bond motifs is 1. The third-order valence-corrected chi connectivity index (χ3v) is 4.47. The van der Waals surface area contributed by atoms with Crippen LogP contribution in [0.15, 0.2) is 36.7 Å². The molecule has 3 aromatic heterocycles. The Kier molecular flexibility index (Phi) is 4.86. The third-order valence-electron chi connectivity index (χ3n) is 4.47. The molecular weight excluding hydrogens is 418 g/mol. The first-order valence-electron chi connectivity index (χ1n) is 9.15. The third kappa shape index (κ3) is 3.92. The normalized spacial score (nSPS) is 12.5. The van der Waals surface area contributed by atoms with Crippen molar-refractivity contribution in [1.82, 2.24) is 34.6 Å². The van der Waals surface area contributed by atoms with Gasteiger partial charge in [-0.15, -0.1) is 15.3 Å². The molecule has 0 unspecified atom stereocenters. The van der Waals surface area contributed by atoms with Crippen LogP contribution in [0.25, 0.3) is 17.0 Å². The van der Waals surface area contributed by atoms with Crippen molar-refractivity contribution < 1.29 is 22.3 Å². The zero-order chi connectivity index (χ0) is 22.4. The van der Waals surface area contributed by atoms with Gasteiger partial charge in [-0.05, 0) is 23.6 Å². The van der Waals surface area contributed by atoms with E-state index >= 15 is 0 Å². The van der Waals surface area contributed by atoms with Gasteiger partial charge in [0.1, 0.15) is 12.1 Å². The summed E-state index contributed by atoms with van der Waals surface area (Å²) in [5.41, 5.74) is 0.615. The molecule has 0 spiro atoms. The average molecular weight is 435 g/mol. The molecule has 1 aromatic carbocycles. The number of nitrogens with zero attached hydrogens (tertiary/aromatic N) is 7. The van der Waals surface area contributed by atoms with Gasteiger partial charge in [0.2, 0.25) is 11.7 Å². The zero-order valence-corrected chi connectivity index (χ0v) is 16.7. The summed E-state index contributed by atoms with van der Waals surface area (Å²) in [6, 6.07) is 7.64. The summed E-state index contributed by atoms with van der Waals surface area (Å²) >= 11 is 0. The first-order valence-corrected chi connectivity index (χ1v) is 9.15. The predicted molar refractivity (Wildman–Crippen MR) is 101 cm³/mol. The molecule has 0 saturated heterocycles. The molecule has 4 rings (SSSR count). The van der Waals surface area contributed by atoms with E-state index in [-0.39, 0.29) is 17.3 Å². The van der Waals surface area contributed by atoms with Crippen LogP contribution in [0, 0.1) is 5.82 Å². The molecule has 0 saturated carbocycles. The standard InChI is InChI=1S/C19H17F4N7O/c1-18(2,3)12-8-14-26-27-15(11-6-4-5-7-13(11)20)30(14)28-16(12)31-10-29-17(19(21,22)23)24-9-25-29/h4-9H,10H2,1-3H3. The van der Waals surface area contributed by atoms with Crippen LogP contribution in [0.4, 0.5) is 17.6 Å². The van der Waals surface area contributed by atoms with Crippen LogP contribution in [0.3, 0.4) is 0 Å². The number of halogens is 4. The molecule has 31 heavy (non-hydrogen) atoms. The first kappa shape index (κ1) is 20.7. The molecule has 0 fully saturated rings. The molecule has 12 heteroatoms. The lowest BCUT2D eigenvalue weighted by molar-refractivity contribution is -0.149. The largest absolute Gasteiger partial charge is 0.453 e. The number of rotatable bonds is 4. The van der Waals surface area contributed by atoms with Crippen LogP contribution in [-0.2, 0) is 18.3 Å². The van der Waals surface area contributed by atoms with Crippen molar-refractivity contribution in [2.24, 2.45) is 0 Å². The average Bonchev–Trinajstić information content (AvgIpc) is 3.32. The highest BCUT2D eigenvalue weighted by Gasteiger charge is 2.37. The minimum absolute atomic E-state index is 0.0426. The fourth-order valence-corrected chi connectivity index (χ4v) is 2.97. The van der Waals surface area contributed by atoms with Gasteiger partial charge < -0.3 is 4.74 Å². The van der Waals surface area contributed by atoms with Crippen molar-refractivity contribution in [2.75, 3.05) is 0 Å². The first-order chi connectivity index (χ1) is 14.6. The van der Waals surface area contributed by atoms with Crippen LogP contribution in [0.2, 0.25) is 0 Å². The molecule has 0 bridgehead atoms. The van der Waals surface area contributed by atoms with Crippen LogP contribution in [0.1, 0.15) is 32.2 Å². The van der Waals surface area contributed by atoms with Crippen LogP contribution in [-0.4, -0.2) is 34.6 Å². The summed E-state index contributed by atoms with van der Waals surface area (Å²) in [4.78, 5) is 3.24. The summed E-state index contributed by atoms with van der Waals surface area (Å²) in [5.74, 6) is -1.53. The predicted octanol–water partition coefficient (Wildman–Crippen LogP) is 3.87. The Morgan fingerprint density at radius 2 is 1.81 bits per heavy atom. The maximum absolute atomic E-state index is 14.3. The lowest BCUT2D eigenvalue weighted by Gasteiger charge is -2.22. The number of hydrogen-bond donors (Lipinski definition) is 0. The summed E-state index contributed by atoms with van der Waals surface area (Å²) in [6.07, 6.45) is -3.89. The van der Waals surface area contributed by atoms with Gasteiger partial charge in [0, 0.05) is 5.56 Å². The summed E-state index contributed by atoms with van der Waals surface area (Å²) in [6.45, 7) is 5.09. The maximum Gasteiger partial charge on any atom is 0.451 e. The monoisotopic (exact) mass is 435 g/mol. The van der Waals surface area contributed by atoms with Gasteiger partial charge in [-0.3, -0.25) is 0 Å². The van der Waals surface area contributed by atoms with Crippen molar-refractivity contribution in [3.8, 4) is 17.3 Å². The second-order valence-electron chi connectivity index (χ2n) is 7.74. The summed E-state index contributed by atoms with van der Waals surface area (Å²) in [7, 11) is 0. The number of hydrogen-bond acceptors (Lipinski definition) is 6. The van der Waals surface area contributed by atoms with E-state index in [1.807, 2.05) is 20.8 Å². The second kappa shape index (κ2) is 7.29. The highest BCUT2D eigenvalue weighted by molar-refractivity contribution is 5.60. The Labute approximate surface area is 173 Å². The fourth-order valence-electron chi connectivity index (χ4n) is 2.97. The Balaban J connectivity index is 1.79. The molecule has 162 valence electrons. The Hall–Kier alpha value is -3.57. The smallest absolute Gasteiger partial charge is 0.451 e. The van der Waals surface area contributed by atoms with E-state index in [0.29, 0.717) is 15.9 Å². The molecule has 0 aliphatic rings. The quantitative estimate of drug-likeness (QED) is 0.453.